The summed E-state index contributed by atoms with van der Waals surface area (Å²) in [6.45, 7) is -0.203. The van der Waals surface area contributed by atoms with Crippen molar-refractivity contribution in [3.63, 3.8) is 0 Å². The van der Waals surface area contributed by atoms with E-state index < -0.39 is 18.2 Å². The highest BCUT2D eigenvalue weighted by Crippen LogP contribution is 2.49. The number of nitrogens with zero attached hydrogens (tertiary/aromatic N) is 1. The number of anilines is 1. The van der Waals surface area contributed by atoms with Gasteiger partial charge >= 0.3 is 6.18 Å². The van der Waals surface area contributed by atoms with Crippen molar-refractivity contribution in [3.05, 3.63) is 24.3 Å². The van der Waals surface area contributed by atoms with E-state index >= 15 is 0 Å². The molecule has 1 aromatic carbocycles. The van der Waals surface area contributed by atoms with Crippen LogP contribution in [0.1, 0.15) is 44.9 Å². The highest BCUT2D eigenvalue weighted by Gasteiger charge is 2.53. The largest absolute Gasteiger partial charge is 0.484 e. The number of hydrogen-bond acceptors (Lipinski definition) is 4. The van der Waals surface area contributed by atoms with Crippen LogP contribution in [0.5, 0.6) is 5.75 Å². The fourth-order valence-corrected chi connectivity index (χ4v) is 4.61. The Balaban J connectivity index is 1.49. The zero-order chi connectivity index (χ0) is 21.4. The summed E-state index contributed by atoms with van der Waals surface area (Å²) in [4.78, 5) is 15.2. The van der Waals surface area contributed by atoms with E-state index in [4.69, 9.17) is 9.47 Å². The summed E-state index contributed by atoms with van der Waals surface area (Å²) in [5.41, 5.74) is 0.153. The molecule has 2 aliphatic carbocycles. The second-order valence-electron chi connectivity index (χ2n) is 8.92. The Morgan fingerprint density at radius 2 is 1.73 bits per heavy atom. The van der Waals surface area contributed by atoms with Crippen molar-refractivity contribution in [3.8, 4) is 5.75 Å². The monoisotopic (exact) mass is 427 g/mol. The van der Waals surface area contributed by atoms with Crippen molar-refractivity contribution in [2.45, 2.75) is 63.3 Å². The van der Waals surface area contributed by atoms with Crippen LogP contribution in [-0.4, -0.2) is 49.2 Å². The number of alkyl halides is 3. The number of benzene rings is 1. The van der Waals surface area contributed by atoms with Crippen molar-refractivity contribution in [1.29, 1.82) is 0 Å². The van der Waals surface area contributed by atoms with E-state index in [-0.39, 0.29) is 23.8 Å². The number of hydrogen-bond donors (Lipinski definition) is 1. The molecule has 1 atom stereocenters. The molecule has 1 heterocycles. The molecule has 1 aromatic rings. The van der Waals surface area contributed by atoms with E-state index in [9.17, 15) is 23.1 Å². The molecule has 3 aliphatic rings. The molecule has 3 fully saturated rings. The van der Waals surface area contributed by atoms with Crippen LogP contribution in [0.4, 0.5) is 18.9 Å². The van der Waals surface area contributed by atoms with Gasteiger partial charge < -0.3 is 19.5 Å². The summed E-state index contributed by atoms with van der Waals surface area (Å²) in [6, 6.07) is 6.08. The van der Waals surface area contributed by atoms with E-state index in [1.807, 2.05) is 0 Å². The van der Waals surface area contributed by atoms with Crippen molar-refractivity contribution < 1.29 is 32.5 Å². The zero-order valence-corrected chi connectivity index (χ0v) is 16.9. The average molecular weight is 427 g/mol. The maximum atomic E-state index is 13.5. The Kier molecular flexibility index (Phi) is 5.99. The predicted octanol–water partition coefficient (Wildman–Crippen LogP) is 4.08. The normalized spacial score (nSPS) is 29.6. The lowest BCUT2D eigenvalue weighted by atomic mass is 9.71. The molecule has 0 aromatic heterocycles. The van der Waals surface area contributed by atoms with Crippen LogP contribution in [0.3, 0.4) is 0 Å². The average Bonchev–Trinajstić information content (AvgIpc) is 3.48. The molecule has 1 spiro atoms. The number of carbonyl (C=O) groups excluding carboxylic acids is 1. The molecule has 0 radical (unpaired) electrons. The van der Waals surface area contributed by atoms with Crippen molar-refractivity contribution in [2.75, 3.05) is 24.7 Å². The highest BCUT2D eigenvalue weighted by molar-refractivity contribution is 6.00. The summed E-state index contributed by atoms with van der Waals surface area (Å²) in [5.74, 6) is 0.762. The minimum absolute atomic E-state index is 0.0263. The summed E-state index contributed by atoms with van der Waals surface area (Å²) in [6.07, 6.45) is 0.820. The highest BCUT2D eigenvalue weighted by atomic mass is 19.4. The van der Waals surface area contributed by atoms with Crippen LogP contribution < -0.4 is 9.64 Å². The lowest BCUT2D eigenvalue weighted by Crippen LogP contribution is -2.40. The van der Waals surface area contributed by atoms with Gasteiger partial charge in [0.2, 0.25) is 5.91 Å². The number of carbonyl (C=O) groups is 1. The van der Waals surface area contributed by atoms with Crippen LogP contribution in [0.25, 0.3) is 0 Å². The van der Waals surface area contributed by atoms with Gasteiger partial charge in [-0.2, -0.15) is 13.2 Å². The first-order valence-corrected chi connectivity index (χ1v) is 10.6. The number of halogens is 3. The smallest absolute Gasteiger partial charge is 0.422 e. The van der Waals surface area contributed by atoms with Crippen molar-refractivity contribution >= 4 is 11.6 Å². The lowest BCUT2D eigenvalue weighted by Gasteiger charge is -2.33. The van der Waals surface area contributed by atoms with Gasteiger partial charge in [0.25, 0.3) is 0 Å². The molecule has 1 unspecified atom stereocenters. The Morgan fingerprint density at radius 3 is 2.33 bits per heavy atom. The summed E-state index contributed by atoms with van der Waals surface area (Å²) < 4.78 is 47.8. The molecule has 5 nitrogen and oxygen atoms in total. The minimum Gasteiger partial charge on any atom is -0.484 e. The van der Waals surface area contributed by atoms with Gasteiger partial charge in [0.05, 0.1) is 24.2 Å². The summed E-state index contributed by atoms with van der Waals surface area (Å²) in [7, 11) is 0. The van der Waals surface area contributed by atoms with Gasteiger partial charge in [-0.25, -0.2) is 0 Å². The molecule has 1 amide bonds. The molecular weight excluding hydrogens is 399 g/mol. The Bertz CT molecular complexity index is 740. The van der Waals surface area contributed by atoms with Gasteiger partial charge in [-0.05, 0) is 75.1 Å². The fraction of sp³-hybridized carbons (Fsp3) is 0.682. The van der Waals surface area contributed by atoms with Crippen LogP contribution in [0, 0.1) is 11.3 Å². The first-order valence-electron chi connectivity index (χ1n) is 10.6. The molecule has 1 aliphatic heterocycles. The second kappa shape index (κ2) is 8.38. The van der Waals surface area contributed by atoms with Gasteiger partial charge in [-0.1, -0.05) is 0 Å². The lowest BCUT2D eigenvalue weighted by molar-refractivity contribution is -0.153. The first kappa shape index (κ1) is 21.4. The number of amides is 1. The maximum Gasteiger partial charge on any atom is 0.422 e. The zero-order valence-electron chi connectivity index (χ0n) is 16.9. The third-order valence-electron chi connectivity index (χ3n) is 6.45. The molecule has 1 N–H and O–H groups in total. The number of ether oxygens (including phenoxy) is 2. The van der Waals surface area contributed by atoms with E-state index in [0.29, 0.717) is 56.9 Å². The van der Waals surface area contributed by atoms with Crippen LogP contribution in [-0.2, 0) is 9.53 Å². The van der Waals surface area contributed by atoms with Gasteiger partial charge in [-0.15, -0.1) is 0 Å². The number of aliphatic hydroxyl groups excluding tert-OH is 1. The SMILES string of the molecule is O=C1N(c2ccc(OCC(F)(F)F)cc2)C(COCC2CC2)CC12CCC(O)CC2. The molecule has 4 rings (SSSR count). The van der Waals surface area contributed by atoms with E-state index in [0.717, 1.165) is 0 Å². The van der Waals surface area contributed by atoms with E-state index in [2.05, 4.69) is 0 Å². The Morgan fingerprint density at radius 1 is 1.07 bits per heavy atom. The predicted molar refractivity (Wildman–Crippen MR) is 104 cm³/mol. The molecule has 30 heavy (non-hydrogen) atoms. The standard InChI is InChI=1S/C22H28F3NO4/c23-22(24,25)14-30-19-5-3-16(4-6-19)26-17(13-29-12-15-1-2-15)11-21(20(26)28)9-7-18(27)8-10-21/h3-6,15,17-18,27H,1-2,7-14H2. The second-order valence-corrected chi connectivity index (χ2v) is 8.92. The van der Waals surface area contributed by atoms with Gasteiger partial charge in [0.1, 0.15) is 5.75 Å². The first-order chi connectivity index (χ1) is 14.3. The van der Waals surface area contributed by atoms with Crippen molar-refractivity contribution in [2.24, 2.45) is 11.3 Å². The number of rotatable bonds is 7. The third kappa shape index (κ3) is 4.91. The molecule has 166 valence electrons. The molecule has 0 bridgehead atoms. The van der Waals surface area contributed by atoms with Gasteiger partial charge in [-0.3, -0.25) is 4.79 Å². The molecule has 1 saturated heterocycles. The molecular formula is C22H28F3NO4. The fourth-order valence-electron chi connectivity index (χ4n) is 4.61. The van der Waals surface area contributed by atoms with Crippen LogP contribution in [0.15, 0.2) is 24.3 Å². The Hall–Kier alpha value is -1.80. The van der Waals surface area contributed by atoms with Crippen LogP contribution >= 0.6 is 0 Å². The minimum atomic E-state index is -4.40. The van der Waals surface area contributed by atoms with Gasteiger partial charge in [0.15, 0.2) is 6.61 Å². The van der Waals surface area contributed by atoms with Crippen LogP contribution in [0.2, 0.25) is 0 Å². The number of aliphatic hydroxyl groups is 1. The summed E-state index contributed by atoms with van der Waals surface area (Å²) in [5, 5.41) is 9.89. The van der Waals surface area contributed by atoms with E-state index in [1.54, 1.807) is 17.0 Å². The van der Waals surface area contributed by atoms with Crippen molar-refractivity contribution in [1.82, 2.24) is 0 Å². The topological polar surface area (TPSA) is 59.0 Å². The maximum absolute atomic E-state index is 13.5. The molecule has 8 heteroatoms. The quantitative estimate of drug-likeness (QED) is 0.713. The Labute approximate surface area is 174 Å². The third-order valence-corrected chi connectivity index (χ3v) is 6.45. The van der Waals surface area contributed by atoms with Gasteiger partial charge in [0, 0.05) is 12.3 Å². The summed E-state index contributed by atoms with van der Waals surface area (Å²) >= 11 is 0. The van der Waals surface area contributed by atoms with E-state index in [1.165, 1.54) is 25.0 Å². The molecule has 2 saturated carbocycles.